The molecule has 1 aliphatic rings. The number of hydrogen-bond acceptors (Lipinski definition) is 2. The molecule has 0 aromatic heterocycles. The van der Waals surface area contributed by atoms with E-state index in [0.717, 1.165) is 19.3 Å². The van der Waals surface area contributed by atoms with Gasteiger partial charge in [-0.05, 0) is 33.1 Å². The number of carboxylic acids is 1. The molecule has 1 unspecified atom stereocenters. The molecule has 1 aliphatic carbocycles. The number of aliphatic carboxylic acids is 1. The fourth-order valence-electron chi connectivity index (χ4n) is 1.88. The first-order chi connectivity index (χ1) is 8.01. The van der Waals surface area contributed by atoms with Crippen molar-refractivity contribution in [1.82, 2.24) is 9.80 Å². The summed E-state index contributed by atoms with van der Waals surface area (Å²) in [5.41, 5.74) is 0. The molecule has 1 atom stereocenters. The predicted molar refractivity (Wildman–Crippen MR) is 64.9 cm³/mol. The molecule has 0 bridgehead atoms. The first-order valence-electron chi connectivity index (χ1n) is 6.30. The Morgan fingerprint density at radius 3 is 2.29 bits per heavy atom. The summed E-state index contributed by atoms with van der Waals surface area (Å²) in [4.78, 5) is 26.3. The van der Waals surface area contributed by atoms with E-state index in [-0.39, 0.29) is 18.6 Å². The minimum Gasteiger partial charge on any atom is -0.480 e. The van der Waals surface area contributed by atoms with E-state index in [2.05, 4.69) is 0 Å². The summed E-state index contributed by atoms with van der Waals surface area (Å²) in [6.07, 6.45) is 2.85. The molecule has 1 N–H and O–H groups in total. The van der Waals surface area contributed by atoms with E-state index in [1.54, 1.807) is 4.90 Å². The summed E-state index contributed by atoms with van der Waals surface area (Å²) in [5.74, 6) is -0.953. The van der Waals surface area contributed by atoms with Crippen LogP contribution in [0.1, 0.15) is 40.0 Å². The van der Waals surface area contributed by atoms with Crippen LogP contribution in [0.3, 0.4) is 0 Å². The minimum atomic E-state index is -0.953. The van der Waals surface area contributed by atoms with E-state index in [0.29, 0.717) is 12.6 Å². The van der Waals surface area contributed by atoms with Gasteiger partial charge in [0.15, 0.2) is 0 Å². The number of carbonyl (C=O) groups is 2. The average molecular weight is 242 g/mol. The Kier molecular flexibility index (Phi) is 4.78. The summed E-state index contributed by atoms with van der Waals surface area (Å²) in [6.45, 7) is 6.22. The van der Waals surface area contributed by atoms with Crippen LogP contribution in [0.15, 0.2) is 0 Å². The predicted octanol–water partition coefficient (Wildman–Crippen LogP) is 1.78. The maximum Gasteiger partial charge on any atom is 0.323 e. The molecule has 17 heavy (non-hydrogen) atoms. The molecule has 5 nitrogen and oxygen atoms in total. The molecular weight excluding hydrogens is 220 g/mol. The third-order valence-corrected chi connectivity index (χ3v) is 3.25. The second kappa shape index (κ2) is 5.89. The minimum absolute atomic E-state index is 0.0357. The van der Waals surface area contributed by atoms with Crippen LogP contribution in [-0.2, 0) is 4.79 Å². The number of carboxylic acid groups (broad SMARTS) is 1. The van der Waals surface area contributed by atoms with Gasteiger partial charge in [0.25, 0.3) is 0 Å². The zero-order valence-electron chi connectivity index (χ0n) is 10.8. The van der Waals surface area contributed by atoms with E-state index >= 15 is 0 Å². The summed E-state index contributed by atoms with van der Waals surface area (Å²) in [6, 6.07) is 0.158. The van der Waals surface area contributed by atoms with Crippen LogP contribution >= 0.6 is 0 Å². The highest BCUT2D eigenvalue weighted by Crippen LogP contribution is 2.28. The lowest BCUT2D eigenvalue weighted by Crippen LogP contribution is -2.49. The molecule has 0 saturated heterocycles. The lowest BCUT2D eigenvalue weighted by molar-refractivity contribution is -0.138. The molecule has 5 heteroatoms. The van der Waals surface area contributed by atoms with Gasteiger partial charge in [0, 0.05) is 18.6 Å². The standard InChI is InChI=1S/C12H22N2O3/c1-4-9(3)14(8-11(15)16)12(17)13(5-2)10-6-7-10/h9-10H,4-8H2,1-3H3,(H,15,16). The summed E-state index contributed by atoms with van der Waals surface area (Å²) in [7, 11) is 0. The van der Waals surface area contributed by atoms with Crippen LogP contribution in [0, 0.1) is 0 Å². The third kappa shape index (κ3) is 3.61. The Bertz CT molecular complexity index is 289. The van der Waals surface area contributed by atoms with Crippen molar-refractivity contribution >= 4 is 12.0 Å². The maximum atomic E-state index is 12.3. The fraction of sp³-hybridized carbons (Fsp3) is 0.833. The van der Waals surface area contributed by atoms with E-state index in [1.165, 1.54) is 4.90 Å². The van der Waals surface area contributed by atoms with E-state index in [9.17, 15) is 9.59 Å². The maximum absolute atomic E-state index is 12.3. The Morgan fingerprint density at radius 1 is 1.35 bits per heavy atom. The largest absolute Gasteiger partial charge is 0.480 e. The first kappa shape index (κ1) is 13.8. The van der Waals surface area contributed by atoms with Crippen LogP contribution in [0.25, 0.3) is 0 Å². The molecule has 0 aromatic carbocycles. The van der Waals surface area contributed by atoms with Gasteiger partial charge in [-0.15, -0.1) is 0 Å². The summed E-state index contributed by atoms with van der Waals surface area (Å²) < 4.78 is 0. The van der Waals surface area contributed by atoms with Crippen molar-refractivity contribution in [2.75, 3.05) is 13.1 Å². The lowest BCUT2D eigenvalue weighted by Gasteiger charge is -2.32. The molecule has 0 spiro atoms. The van der Waals surface area contributed by atoms with Crippen LogP contribution in [-0.4, -0.2) is 52.1 Å². The van der Waals surface area contributed by atoms with Gasteiger partial charge >= 0.3 is 12.0 Å². The molecular formula is C12H22N2O3. The molecule has 98 valence electrons. The number of rotatable bonds is 6. The smallest absolute Gasteiger partial charge is 0.323 e. The second-order valence-electron chi connectivity index (χ2n) is 4.58. The van der Waals surface area contributed by atoms with Gasteiger partial charge in [0.2, 0.25) is 0 Å². The molecule has 1 fully saturated rings. The highest BCUT2D eigenvalue weighted by atomic mass is 16.4. The summed E-state index contributed by atoms with van der Waals surface area (Å²) in [5, 5.41) is 8.87. The zero-order chi connectivity index (χ0) is 13.0. The Hall–Kier alpha value is -1.26. The van der Waals surface area contributed by atoms with Crippen molar-refractivity contribution in [3.05, 3.63) is 0 Å². The van der Waals surface area contributed by atoms with Crippen LogP contribution < -0.4 is 0 Å². The first-order valence-corrected chi connectivity index (χ1v) is 6.30. The number of hydrogen-bond donors (Lipinski definition) is 1. The van der Waals surface area contributed by atoms with Crippen molar-refractivity contribution < 1.29 is 14.7 Å². The Morgan fingerprint density at radius 2 is 1.94 bits per heavy atom. The van der Waals surface area contributed by atoms with Crippen molar-refractivity contribution in [3.8, 4) is 0 Å². The highest BCUT2D eigenvalue weighted by Gasteiger charge is 2.35. The SMILES string of the molecule is CCC(C)N(CC(=O)O)C(=O)N(CC)C1CC1. The molecule has 0 heterocycles. The molecule has 1 saturated carbocycles. The lowest BCUT2D eigenvalue weighted by atomic mass is 10.2. The molecule has 1 rings (SSSR count). The Balaban J connectivity index is 2.72. The Labute approximate surface area is 102 Å². The number of amides is 2. The normalized spacial score (nSPS) is 16.4. The number of nitrogens with zero attached hydrogens (tertiary/aromatic N) is 2. The average Bonchev–Trinajstić information content (AvgIpc) is 3.09. The zero-order valence-corrected chi connectivity index (χ0v) is 10.8. The van der Waals surface area contributed by atoms with Crippen molar-refractivity contribution in [3.63, 3.8) is 0 Å². The van der Waals surface area contributed by atoms with Crippen LogP contribution in [0.2, 0.25) is 0 Å². The summed E-state index contributed by atoms with van der Waals surface area (Å²) >= 11 is 0. The number of carbonyl (C=O) groups excluding carboxylic acids is 1. The van der Waals surface area contributed by atoms with Gasteiger partial charge in [0.1, 0.15) is 6.54 Å². The van der Waals surface area contributed by atoms with E-state index in [4.69, 9.17) is 5.11 Å². The van der Waals surface area contributed by atoms with Crippen molar-refractivity contribution in [1.29, 1.82) is 0 Å². The van der Waals surface area contributed by atoms with Gasteiger partial charge in [-0.3, -0.25) is 4.79 Å². The van der Waals surface area contributed by atoms with Crippen molar-refractivity contribution in [2.45, 2.75) is 52.1 Å². The van der Waals surface area contributed by atoms with Crippen LogP contribution in [0.5, 0.6) is 0 Å². The van der Waals surface area contributed by atoms with E-state index in [1.807, 2.05) is 20.8 Å². The fourth-order valence-corrected chi connectivity index (χ4v) is 1.88. The highest BCUT2D eigenvalue weighted by molar-refractivity contribution is 5.80. The van der Waals surface area contributed by atoms with Gasteiger partial charge in [-0.25, -0.2) is 4.79 Å². The molecule has 2 amide bonds. The third-order valence-electron chi connectivity index (χ3n) is 3.25. The van der Waals surface area contributed by atoms with Gasteiger partial charge < -0.3 is 14.9 Å². The molecule has 0 aromatic rings. The molecule has 0 aliphatic heterocycles. The van der Waals surface area contributed by atoms with Gasteiger partial charge in [0.05, 0.1) is 0 Å². The quantitative estimate of drug-likeness (QED) is 0.772. The number of urea groups is 1. The second-order valence-corrected chi connectivity index (χ2v) is 4.58. The monoisotopic (exact) mass is 242 g/mol. The van der Waals surface area contributed by atoms with Gasteiger partial charge in [-0.1, -0.05) is 6.92 Å². The van der Waals surface area contributed by atoms with Crippen molar-refractivity contribution in [2.24, 2.45) is 0 Å². The van der Waals surface area contributed by atoms with Crippen LogP contribution in [0.4, 0.5) is 4.79 Å². The van der Waals surface area contributed by atoms with E-state index < -0.39 is 5.97 Å². The van der Waals surface area contributed by atoms with Gasteiger partial charge in [-0.2, -0.15) is 0 Å². The molecule has 0 radical (unpaired) electrons. The topological polar surface area (TPSA) is 60.9 Å².